The maximum atomic E-state index is 8.52. The van der Waals surface area contributed by atoms with Gasteiger partial charge in [0.15, 0.2) is 0 Å². The van der Waals surface area contributed by atoms with Crippen LogP contribution in [-0.4, -0.2) is 6.54 Å². The fourth-order valence-corrected chi connectivity index (χ4v) is 0.941. The van der Waals surface area contributed by atoms with E-state index in [-0.39, 0.29) is 6.04 Å². The van der Waals surface area contributed by atoms with Crippen LogP contribution in [-0.2, 0) is 0 Å². The normalized spacial score (nSPS) is 12.1. The monoisotopic (exact) mass is 161 g/mol. The number of nitrogens with two attached hydrogens (primary N) is 2. The molecule has 0 heterocycles. The average molecular weight is 161 g/mol. The molecular formula is C9H11N3. The van der Waals surface area contributed by atoms with Gasteiger partial charge < -0.3 is 11.5 Å². The van der Waals surface area contributed by atoms with Crippen molar-refractivity contribution in [2.75, 3.05) is 6.54 Å². The molecule has 12 heavy (non-hydrogen) atoms. The Morgan fingerprint density at radius 1 is 1.33 bits per heavy atom. The lowest BCUT2D eigenvalue weighted by Crippen LogP contribution is -2.20. The van der Waals surface area contributed by atoms with E-state index in [0.717, 1.165) is 5.56 Å². The van der Waals surface area contributed by atoms with Crippen LogP contribution in [0.15, 0.2) is 24.3 Å². The molecule has 1 aromatic rings. The minimum Gasteiger partial charge on any atom is -0.329 e. The molecule has 0 amide bonds. The second-order valence-electron chi connectivity index (χ2n) is 2.58. The van der Waals surface area contributed by atoms with E-state index in [9.17, 15) is 0 Å². The zero-order valence-corrected chi connectivity index (χ0v) is 6.70. The summed E-state index contributed by atoms with van der Waals surface area (Å²) in [5.41, 5.74) is 12.7. The van der Waals surface area contributed by atoms with Crippen molar-refractivity contribution in [3.05, 3.63) is 35.4 Å². The molecule has 1 unspecified atom stereocenters. The summed E-state index contributed by atoms with van der Waals surface area (Å²) in [5, 5.41) is 8.52. The van der Waals surface area contributed by atoms with Gasteiger partial charge in [-0.2, -0.15) is 5.26 Å². The molecule has 62 valence electrons. The zero-order valence-electron chi connectivity index (χ0n) is 6.70. The van der Waals surface area contributed by atoms with Crippen LogP contribution in [0.3, 0.4) is 0 Å². The first kappa shape index (κ1) is 8.72. The zero-order chi connectivity index (χ0) is 8.97. The highest BCUT2D eigenvalue weighted by Gasteiger charge is 2.01. The first-order valence-corrected chi connectivity index (χ1v) is 3.73. The van der Waals surface area contributed by atoms with Crippen molar-refractivity contribution < 1.29 is 0 Å². The summed E-state index contributed by atoms with van der Waals surface area (Å²) in [6.07, 6.45) is 0. The van der Waals surface area contributed by atoms with Crippen molar-refractivity contribution in [2.45, 2.75) is 6.04 Å². The molecule has 0 aliphatic rings. The minimum atomic E-state index is -0.127. The molecule has 1 rings (SSSR count). The van der Waals surface area contributed by atoms with Crippen molar-refractivity contribution in [2.24, 2.45) is 11.5 Å². The quantitative estimate of drug-likeness (QED) is 0.663. The molecule has 0 fully saturated rings. The topological polar surface area (TPSA) is 75.8 Å². The molecule has 0 bridgehead atoms. The van der Waals surface area contributed by atoms with Crippen molar-refractivity contribution in [3.63, 3.8) is 0 Å². The molecule has 0 aliphatic carbocycles. The van der Waals surface area contributed by atoms with Gasteiger partial charge in [-0.3, -0.25) is 0 Å². The molecule has 0 aliphatic heterocycles. The van der Waals surface area contributed by atoms with Crippen molar-refractivity contribution in [3.8, 4) is 6.07 Å². The molecule has 0 radical (unpaired) electrons. The Hall–Kier alpha value is -1.37. The number of nitrogens with zero attached hydrogens (tertiary/aromatic N) is 1. The summed E-state index contributed by atoms with van der Waals surface area (Å²) in [4.78, 5) is 0. The van der Waals surface area contributed by atoms with Crippen LogP contribution in [0, 0.1) is 11.3 Å². The summed E-state index contributed by atoms with van der Waals surface area (Å²) in [6, 6.07) is 9.05. The molecule has 0 spiro atoms. The van der Waals surface area contributed by atoms with Crippen LogP contribution >= 0.6 is 0 Å². The van der Waals surface area contributed by atoms with Gasteiger partial charge in [0.25, 0.3) is 0 Å². The fraction of sp³-hybridized carbons (Fsp3) is 0.222. The van der Waals surface area contributed by atoms with Crippen molar-refractivity contribution in [1.82, 2.24) is 0 Å². The van der Waals surface area contributed by atoms with Gasteiger partial charge in [0.2, 0.25) is 0 Å². The molecule has 3 heteroatoms. The van der Waals surface area contributed by atoms with Crippen molar-refractivity contribution in [1.29, 1.82) is 5.26 Å². The lowest BCUT2D eigenvalue weighted by molar-refractivity contribution is 0.737. The maximum absolute atomic E-state index is 8.52. The van der Waals surface area contributed by atoms with E-state index in [1.165, 1.54) is 0 Å². The van der Waals surface area contributed by atoms with Crippen LogP contribution in [0.5, 0.6) is 0 Å². The Kier molecular flexibility index (Phi) is 2.81. The number of rotatable bonds is 2. The first-order valence-electron chi connectivity index (χ1n) is 3.73. The molecular weight excluding hydrogens is 150 g/mol. The van der Waals surface area contributed by atoms with E-state index in [1.807, 2.05) is 18.2 Å². The smallest absolute Gasteiger partial charge is 0.0991 e. The molecule has 1 atom stereocenters. The standard InChI is InChI=1S/C9H11N3/c10-5-7-1-3-8(4-2-7)9(12)6-11/h1-4,9H,6,11-12H2. The van der Waals surface area contributed by atoms with Crippen LogP contribution in [0.2, 0.25) is 0 Å². The number of nitriles is 1. The highest BCUT2D eigenvalue weighted by molar-refractivity contribution is 5.32. The molecule has 0 saturated heterocycles. The molecule has 3 nitrogen and oxygen atoms in total. The highest BCUT2D eigenvalue weighted by Crippen LogP contribution is 2.09. The third-order valence-corrected chi connectivity index (χ3v) is 1.72. The summed E-state index contributed by atoms with van der Waals surface area (Å²) >= 11 is 0. The van der Waals surface area contributed by atoms with Gasteiger partial charge in [-0.25, -0.2) is 0 Å². The second-order valence-corrected chi connectivity index (χ2v) is 2.58. The molecule has 1 aromatic carbocycles. The average Bonchev–Trinajstić information content (AvgIpc) is 2.17. The summed E-state index contributed by atoms with van der Waals surface area (Å²) in [7, 11) is 0. The number of benzene rings is 1. The number of hydrogen-bond donors (Lipinski definition) is 2. The predicted octanol–water partition coefficient (Wildman–Crippen LogP) is 0.517. The molecule has 0 saturated carbocycles. The Bertz CT molecular complexity index is 284. The van der Waals surface area contributed by atoms with E-state index >= 15 is 0 Å². The van der Waals surface area contributed by atoms with Crippen LogP contribution < -0.4 is 11.5 Å². The summed E-state index contributed by atoms with van der Waals surface area (Å²) in [6.45, 7) is 0.423. The van der Waals surface area contributed by atoms with Crippen molar-refractivity contribution >= 4 is 0 Å². The van der Waals surface area contributed by atoms with Gasteiger partial charge in [0.1, 0.15) is 0 Å². The second kappa shape index (κ2) is 3.86. The number of hydrogen-bond acceptors (Lipinski definition) is 3. The largest absolute Gasteiger partial charge is 0.329 e. The van der Waals surface area contributed by atoms with Gasteiger partial charge in [-0.05, 0) is 17.7 Å². The Labute approximate surface area is 71.6 Å². The van der Waals surface area contributed by atoms with Crippen LogP contribution in [0.25, 0.3) is 0 Å². The maximum Gasteiger partial charge on any atom is 0.0991 e. The lowest BCUT2D eigenvalue weighted by Gasteiger charge is -2.07. The lowest BCUT2D eigenvalue weighted by atomic mass is 10.1. The van der Waals surface area contributed by atoms with E-state index in [4.69, 9.17) is 16.7 Å². The van der Waals surface area contributed by atoms with E-state index < -0.39 is 0 Å². The van der Waals surface area contributed by atoms with E-state index in [0.29, 0.717) is 12.1 Å². The van der Waals surface area contributed by atoms with Crippen LogP contribution in [0.1, 0.15) is 17.2 Å². The first-order chi connectivity index (χ1) is 5.77. The minimum absolute atomic E-state index is 0.127. The Morgan fingerprint density at radius 2 is 1.92 bits per heavy atom. The summed E-state index contributed by atoms with van der Waals surface area (Å²) < 4.78 is 0. The SMILES string of the molecule is N#Cc1ccc(C(N)CN)cc1. The fourth-order valence-electron chi connectivity index (χ4n) is 0.941. The van der Waals surface area contributed by atoms with Gasteiger partial charge in [0, 0.05) is 12.6 Å². The van der Waals surface area contributed by atoms with Gasteiger partial charge in [0.05, 0.1) is 11.6 Å². The van der Waals surface area contributed by atoms with Crippen LogP contribution in [0.4, 0.5) is 0 Å². The van der Waals surface area contributed by atoms with Gasteiger partial charge >= 0.3 is 0 Å². The molecule has 4 N–H and O–H groups in total. The third kappa shape index (κ3) is 1.82. The Balaban J connectivity index is 2.86. The van der Waals surface area contributed by atoms with E-state index in [2.05, 4.69) is 0 Å². The van der Waals surface area contributed by atoms with Gasteiger partial charge in [-0.1, -0.05) is 12.1 Å². The van der Waals surface area contributed by atoms with Gasteiger partial charge in [-0.15, -0.1) is 0 Å². The Morgan fingerprint density at radius 3 is 2.33 bits per heavy atom. The predicted molar refractivity (Wildman–Crippen MR) is 47.1 cm³/mol. The highest BCUT2D eigenvalue weighted by atomic mass is 14.7. The summed E-state index contributed by atoms with van der Waals surface area (Å²) in [5.74, 6) is 0. The van der Waals surface area contributed by atoms with E-state index in [1.54, 1.807) is 12.1 Å². The molecule has 0 aromatic heterocycles. The third-order valence-electron chi connectivity index (χ3n) is 1.72.